The molecule has 1 fully saturated rings. The monoisotopic (exact) mass is 347 g/mol. The summed E-state index contributed by atoms with van der Waals surface area (Å²) in [5.41, 5.74) is 5.94. The maximum atomic E-state index is 12.5. The predicted octanol–water partition coefficient (Wildman–Crippen LogP) is 0.542. The summed E-state index contributed by atoms with van der Waals surface area (Å²) in [6.45, 7) is 0.728. The quantitative estimate of drug-likeness (QED) is 0.763. The van der Waals surface area contributed by atoms with Gasteiger partial charge in [0.25, 0.3) is 0 Å². The van der Waals surface area contributed by atoms with Crippen LogP contribution in [0.2, 0.25) is 0 Å². The summed E-state index contributed by atoms with van der Waals surface area (Å²) >= 11 is 3.23. The number of amides is 1. The van der Waals surface area contributed by atoms with Crippen LogP contribution in [0.4, 0.5) is 5.69 Å². The molecule has 6 nitrogen and oxygen atoms in total. The maximum absolute atomic E-state index is 12.5. The second kappa shape index (κ2) is 5.48. The normalized spacial score (nSPS) is 17.8. The molecule has 2 rings (SSSR count). The van der Waals surface area contributed by atoms with E-state index in [4.69, 9.17) is 5.73 Å². The molecule has 8 heteroatoms. The number of nitrogens with two attached hydrogens (primary N) is 1. The van der Waals surface area contributed by atoms with Gasteiger partial charge in [-0.1, -0.05) is 15.9 Å². The van der Waals surface area contributed by atoms with Crippen LogP contribution in [0.15, 0.2) is 27.6 Å². The molecule has 1 amide bonds. The van der Waals surface area contributed by atoms with Crippen molar-refractivity contribution in [1.82, 2.24) is 9.62 Å². The fourth-order valence-electron chi connectivity index (χ4n) is 1.86. The van der Waals surface area contributed by atoms with Crippen LogP contribution in [-0.4, -0.2) is 38.3 Å². The Kier molecular flexibility index (Phi) is 4.12. The third kappa shape index (κ3) is 3.07. The van der Waals surface area contributed by atoms with Gasteiger partial charge in [-0.15, -0.1) is 0 Å². The fraction of sp³-hybridized carbons (Fsp3) is 0.364. The largest absolute Gasteiger partial charge is 0.398 e. The Morgan fingerprint density at radius 2 is 2.05 bits per heavy atom. The number of nitrogens with one attached hydrogen (secondary N) is 1. The van der Waals surface area contributed by atoms with E-state index in [1.54, 1.807) is 6.07 Å². The van der Waals surface area contributed by atoms with Crippen LogP contribution in [0.5, 0.6) is 0 Å². The van der Waals surface area contributed by atoms with E-state index in [1.807, 2.05) is 0 Å². The number of hydrogen-bond donors (Lipinski definition) is 2. The first-order chi connectivity index (χ1) is 8.91. The average molecular weight is 348 g/mol. The van der Waals surface area contributed by atoms with E-state index < -0.39 is 10.0 Å². The number of carbonyl (C=O) groups excluding carboxylic acids is 1. The van der Waals surface area contributed by atoms with Crippen LogP contribution >= 0.6 is 15.9 Å². The van der Waals surface area contributed by atoms with Crippen LogP contribution < -0.4 is 11.1 Å². The van der Waals surface area contributed by atoms with Gasteiger partial charge in [0.2, 0.25) is 15.9 Å². The number of hydrogen-bond acceptors (Lipinski definition) is 4. The third-order valence-corrected chi connectivity index (χ3v) is 5.31. The lowest BCUT2D eigenvalue weighted by atomic mass is 10.3. The molecule has 1 aromatic rings. The number of anilines is 1. The summed E-state index contributed by atoms with van der Waals surface area (Å²) in [4.78, 5) is 11.3. The van der Waals surface area contributed by atoms with E-state index in [-0.39, 0.29) is 36.0 Å². The lowest BCUT2D eigenvalue weighted by molar-refractivity contribution is -0.120. The van der Waals surface area contributed by atoms with Gasteiger partial charge in [0.05, 0.1) is 5.69 Å². The lowest BCUT2D eigenvalue weighted by Gasteiger charge is -2.20. The molecule has 1 aliphatic heterocycles. The van der Waals surface area contributed by atoms with Gasteiger partial charge in [0, 0.05) is 30.5 Å². The number of halogens is 1. The van der Waals surface area contributed by atoms with Crippen molar-refractivity contribution in [3.05, 3.63) is 22.7 Å². The smallest absolute Gasteiger partial charge is 0.245 e. The first-order valence-electron chi connectivity index (χ1n) is 5.73. The van der Waals surface area contributed by atoms with Crippen LogP contribution in [0.1, 0.15) is 6.42 Å². The predicted molar refractivity (Wildman–Crippen MR) is 74.9 cm³/mol. The van der Waals surface area contributed by atoms with Gasteiger partial charge in [-0.25, -0.2) is 8.42 Å². The molecule has 1 aliphatic rings. The molecule has 1 saturated heterocycles. The summed E-state index contributed by atoms with van der Waals surface area (Å²) in [5, 5.41) is 2.64. The molecule has 0 unspecified atom stereocenters. The zero-order valence-electron chi connectivity index (χ0n) is 10.1. The minimum absolute atomic E-state index is 0.0659. The molecule has 0 saturated carbocycles. The van der Waals surface area contributed by atoms with Gasteiger partial charge < -0.3 is 11.1 Å². The highest BCUT2D eigenvalue weighted by Gasteiger charge is 2.28. The highest BCUT2D eigenvalue weighted by molar-refractivity contribution is 9.10. The number of rotatable bonds is 2. The molecule has 3 N–H and O–H groups in total. The minimum atomic E-state index is -3.68. The number of nitrogens with zero attached hydrogens (tertiary/aromatic N) is 1. The summed E-state index contributed by atoms with van der Waals surface area (Å²) in [5.74, 6) is -0.139. The first kappa shape index (κ1) is 14.3. The van der Waals surface area contributed by atoms with Crippen molar-refractivity contribution in [1.29, 1.82) is 0 Å². The zero-order chi connectivity index (χ0) is 14.0. The SMILES string of the molecule is Nc1ccc(Br)cc1S(=O)(=O)N1CCNC(=O)CC1. The summed E-state index contributed by atoms with van der Waals surface area (Å²) in [6, 6.07) is 4.70. The van der Waals surface area contributed by atoms with E-state index in [9.17, 15) is 13.2 Å². The van der Waals surface area contributed by atoms with Crippen LogP contribution in [0.25, 0.3) is 0 Å². The number of carbonyl (C=O) groups is 1. The van der Waals surface area contributed by atoms with E-state index in [1.165, 1.54) is 16.4 Å². The molecular weight excluding hydrogens is 334 g/mol. The topological polar surface area (TPSA) is 92.5 Å². The number of sulfonamides is 1. The van der Waals surface area contributed by atoms with Crippen molar-refractivity contribution in [3.8, 4) is 0 Å². The number of benzene rings is 1. The molecule has 1 heterocycles. The standard InChI is InChI=1S/C11H14BrN3O3S/c12-8-1-2-9(13)10(7-8)19(17,18)15-5-3-11(16)14-4-6-15/h1-2,7H,3-6,13H2,(H,14,16). The van der Waals surface area contributed by atoms with E-state index >= 15 is 0 Å². The van der Waals surface area contributed by atoms with E-state index in [0.29, 0.717) is 11.0 Å². The summed E-state index contributed by atoms with van der Waals surface area (Å²) in [6.07, 6.45) is 0.160. The Labute approximate surface area is 120 Å². The molecule has 0 radical (unpaired) electrons. The van der Waals surface area contributed by atoms with Gasteiger partial charge in [0.15, 0.2) is 0 Å². The van der Waals surface area contributed by atoms with Crippen molar-refractivity contribution in [2.24, 2.45) is 0 Å². The van der Waals surface area contributed by atoms with Gasteiger partial charge in [-0.3, -0.25) is 4.79 Å². The second-order valence-electron chi connectivity index (χ2n) is 4.19. The Hall–Kier alpha value is -1.12. The van der Waals surface area contributed by atoms with Crippen LogP contribution in [-0.2, 0) is 14.8 Å². The van der Waals surface area contributed by atoms with Gasteiger partial charge >= 0.3 is 0 Å². The number of nitrogen functional groups attached to an aromatic ring is 1. The Balaban J connectivity index is 2.36. The molecular formula is C11H14BrN3O3S. The van der Waals surface area contributed by atoms with Crippen molar-refractivity contribution in [2.45, 2.75) is 11.3 Å². The van der Waals surface area contributed by atoms with Crippen molar-refractivity contribution < 1.29 is 13.2 Å². The molecule has 0 spiro atoms. The Morgan fingerprint density at radius 3 is 2.79 bits per heavy atom. The van der Waals surface area contributed by atoms with E-state index in [0.717, 1.165) is 0 Å². The van der Waals surface area contributed by atoms with Gasteiger partial charge in [-0.05, 0) is 18.2 Å². The Morgan fingerprint density at radius 1 is 1.32 bits per heavy atom. The summed E-state index contributed by atoms with van der Waals surface area (Å²) in [7, 11) is -3.68. The lowest BCUT2D eigenvalue weighted by Crippen LogP contribution is -2.34. The third-order valence-electron chi connectivity index (χ3n) is 2.87. The zero-order valence-corrected chi connectivity index (χ0v) is 12.5. The van der Waals surface area contributed by atoms with Crippen LogP contribution in [0.3, 0.4) is 0 Å². The second-order valence-corrected chi connectivity index (χ2v) is 7.01. The molecule has 0 bridgehead atoms. The average Bonchev–Trinajstić information content (AvgIpc) is 2.57. The van der Waals surface area contributed by atoms with Crippen molar-refractivity contribution in [3.63, 3.8) is 0 Å². The molecule has 19 heavy (non-hydrogen) atoms. The maximum Gasteiger partial charge on any atom is 0.245 e. The van der Waals surface area contributed by atoms with Gasteiger partial charge in [-0.2, -0.15) is 4.31 Å². The van der Waals surface area contributed by atoms with Gasteiger partial charge in [0.1, 0.15) is 4.90 Å². The van der Waals surface area contributed by atoms with Crippen molar-refractivity contribution >= 4 is 37.5 Å². The van der Waals surface area contributed by atoms with E-state index in [2.05, 4.69) is 21.2 Å². The molecule has 1 aromatic carbocycles. The fourth-order valence-corrected chi connectivity index (χ4v) is 3.95. The van der Waals surface area contributed by atoms with Crippen LogP contribution in [0, 0.1) is 0 Å². The first-order valence-corrected chi connectivity index (χ1v) is 7.96. The summed E-state index contributed by atoms with van der Waals surface area (Å²) < 4.78 is 26.9. The molecule has 104 valence electrons. The molecule has 0 aliphatic carbocycles. The Bertz CT molecular complexity index is 603. The highest BCUT2D eigenvalue weighted by Crippen LogP contribution is 2.26. The van der Waals surface area contributed by atoms with Crippen molar-refractivity contribution in [2.75, 3.05) is 25.4 Å². The molecule has 0 aromatic heterocycles. The highest BCUT2D eigenvalue weighted by atomic mass is 79.9. The minimum Gasteiger partial charge on any atom is -0.398 e. The molecule has 0 atom stereocenters.